The van der Waals surface area contributed by atoms with Crippen molar-refractivity contribution in [3.63, 3.8) is 0 Å². The average Bonchev–Trinajstić information content (AvgIpc) is 2.30. The third-order valence-electron chi connectivity index (χ3n) is 2.85. The first-order valence-corrected chi connectivity index (χ1v) is 6.46. The Labute approximate surface area is 114 Å². The topological polar surface area (TPSA) is 47.3 Å². The fourth-order valence-electron chi connectivity index (χ4n) is 1.84. The SMILES string of the molecule is CC(O)c1ccc(N(CCC#N)C(C)C)c(Cl)c1. The standard InChI is InChI=1S/C14H19ClN2O/c1-10(2)17(8-4-7-16)14-6-5-12(11(3)18)9-13(14)15/h5-6,9-11,18H,4,8H2,1-3H3. The first kappa shape index (κ1) is 14.8. The van der Waals surface area contributed by atoms with Gasteiger partial charge in [-0.25, -0.2) is 0 Å². The smallest absolute Gasteiger partial charge is 0.0762 e. The lowest BCUT2D eigenvalue weighted by Crippen LogP contribution is -2.31. The van der Waals surface area contributed by atoms with Crippen molar-refractivity contribution in [3.8, 4) is 6.07 Å². The van der Waals surface area contributed by atoms with Crippen LogP contribution in [0.3, 0.4) is 0 Å². The number of hydrogen-bond acceptors (Lipinski definition) is 3. The van der Waals surface area contributed by atoms with E-state index in [1.165, 1.54) is 0 Å². The van der Waals surface area contributed by atoms with Crippen LogP contribution in [0, 0.1) is 11.3 Å². The fourth-order valence-corrected chi connectivity index (χ4v) is 2.14. The van der Waals surface area contributed by atoms with Gasteiger partial charge in [-0.05, 0) is 38.5 Å². The predicted octanol–water partition coefficient (Wildman–Crippen LogP) is 3.52. The molecule has 4 heteroatoms. The van der Waals surface area contributed by atoms with Crippen LogP contribution >= 0.6 is 11.6 Å². The fraction of sp³-hybridized carbons (Fsp3) is 0.500. The van der Waals surface area contributed by atoms with E-state index in [1.54, 1.807) is 13.0 Å². The summed E-state index contributed by atoms with van der Waals surface area (Å²) in [5.41, 5.74) is 1.71. The molecule has 1 aromatic carbocycles. The minimum Gasteiger partial charge on any atom is -0.389 e. The Hall–Kier alpha value is -1.24. The molecule has 0 bridgehead atoms. The number of rotatable bonds is 5. The van der Waals surface area contributed by atoms with Gasteiger partial charge < -0.3 is 10.0 Å². The highest BCUT2D eigenvalue weighted by atomic mass is 35.5. The molecule has 1 atom stereocenters. The molecule has 18 heavy (non-hydrogen) atoms. The van der Waals surface area contributed by atoms with Gasteiger partial charge in [-0.3, -0.25) is 0 Å². The van der Waals surface area contributed by atoms with Gasteiger partial charge in [-0.1, -0.05) is 17.7 Å². The lowest BCUT2D eigenvalue weighted by molar-refractivity contribution is 0.199. The molecular formula is C14H19ClN2O. The second kappa shape index (κ2) is 6.63. The molecule has 98 valence electrons. The lowest BCUT2D eigenvalue weighted by atomic mass is 10.1. The van der Waals surface area contributed by atoms with E-state index in [4.69, 9.17) is 16.9 Å². The molecule has 1 N–H and O–H groups in total. The molecule has 0 spiro atoms. The predicted molar refractivity (Wildman–Crippen MR) is 74.8 cm³/mol. The van der Waals surface area contributed by atoms with Gasteiger partial charge in [0.05, 0.1) is 29.3 Å². The highest BCUT2D eigenvalue weighted by molar-refractivity contribution is 6.33. The lowest BCUT2D eigenvalue weighted by Gasteiger charge is -2.29. The largest absolute Gasteiger partial charge is 0.389 e. The molecule has 0 saturated carbocycles. The Kier molecular flexibility index (Phi) is 5.46. The van der Waals surface area contributed by atoms with Crippen LogP contribution in [0.15, 0.2) is 18.2 Å². The van der Waals surface area contributed by atoms with E-state index >= 15 is 0 Å². The molecule has 0 aliphatic heterocycles. The van der Waals surface area contributed by atoms with Gasteiger partial charge in [-0.15, -0.1) is 0 Å². The van der Waals surface area contributed by atoms with Gasteiger partial charge in [-0.2, -0.15) is 5.26 Å². The van der Waals surface area contributed by atoms with E-state index < -0.39 is 6.10 Å². The molecule has 0 aliphatic rings. The second-order valence-electron chi connectivity index (χ2n) is 4.58. The summed E-state index contributed by atoms with van der Waals surface area (Å²) in [7, 11) is 0. The van der Waals surface area contributed by atoms with E-state index in [-0.39, 0.29) is 6.04 Å². The molecule has 0 fully saturated rings. The zero-order chi connectivity index (χ0) is 13.7. The zero-order valence-corrected chi connectivity index (χ0v) is 11.8. The Bertz CT molecular complexity index is 438. The van der Waals surface area contributed by atoms with Crippen LogP contribution in [0.2, 0.25) is 5.02 Å². The number of nitriles is 1. The number of anilines is 1. The monoisotopic (exact) mass is 266 g/mol. The molecule has 0 saturated heterocycles. The van der Waals surface area contributed by atoms with Gasteiger partial charge in [0, 0.05) is 12.6 Å². The summed E-state index contributed by atoms with van der Waals surface area (Å²) in [6.07, 6.45) is -0.0599. The van der Waals surface area contributed by atoms with Crippen molar-refractivity contribution in [2.45, 2.75) is 39.3 Å². The molecule has 3 nitrogen and oxygen atoms in total. The van der Waals surface area contributed by atoms with Crippen LogP contribution in [0.25, 0.3) is 0 Å². The summed E-state index contributed by atoms with van der Waals surface area (Å²) in [6, 6.07) is 7.97. The van der Waals surface area contributed by atoms with Crippen LogP contribution < -0.4 is 4.90 Å². The van der Waals surface area contributed by atoms with E-state index in [0.717, 1.165) is 11.3 Å². The van der Waals surface area contributed by atoms with Gasteiger partial charge in [0.15, 0.2) is 0 Å². The number of hydrogen-bond donors (Lipinski definition) is 1. The van der Waals surface area contributed by atoms with Crippen molar-refractivity contribution in [3.05, 3.63) is 28.8 Å². The summed E-state index contributed by atoms with van der Waals surface area (Å²) >= 11 is 6.26. The molecule has 0 aliphatic carbocycles. The normalized spacial score (nSPS) is 12.3. The van der Waals surface area contributed by atoms with Gasteiger partial charge in [0.25, 0.3) is 0 Å². The van der Waals surface area contributed by atoms with Gasteiger partial charge in [0.2, 0.25) is 0 Å². The summed E-state index contributed by atoms with van der Waals surface area (Å²) in [5.74, 6) is 0. The maximum absolute atomic E-state index is 9.51. The Balaban J connectivity index is 3.02. The van der Waals surface area contributed by atoms with Crippen molar-refractivity contribution in [2.75, 3.05) is 11.4 Å². The minimum absolute atomic E-state index is 0.272. The summed E-state index contributed by atoms with van der Waals surface area (Å²) in [4.78, 5) is 2.09. The van der Waals surface area contributed by atoms with Crippen LogP contribution in [0.4, 0.5) is 5.69 Å². The maximum Gasteiger partial charge on any atom is 0.0762 e. The number of halogens is 1. The summed E-state index contributed by atoms with van der Waals surface area (Å²) in [6.45, 7) is 6.50. The van der Waals surface area contributed by atoms with Crippen molar-refractivity contribution in [1.29, 1.82) is 5.26 Å². The van der Waals surface area contributed by atoms with Crippen molar-refractivity contribution in [1.82, 2.24) is 0 Å². The highest BCUT2D eigenvalue weighted by Crippen LogP contribution is 2.30. The highest BCUT2D eigenvalue weighted by Gasteiger charge is 2.14. The van der Waals surface area contributed by atoms with E-state index in [9.17, 15) is 5.11 Å². The zero-order valence-electron chi connectivity index (χ0n) is 11.0. The van der Waals surface area contributed by atoms with Gasteiger partial charge >= 0.3 is 0 Å². The Morgan fingerprint density at radius 1 is 1.39 bits per heavy atom. The number of nitrogens with zero attached hydrogens (tertiary/aromatic N) is 2. The Morgan fingerprint density at radius 3 is 2.50 bits per heavy atom. The third kappa shape index (κ3) is 3.63. The van der Waals surface area contributed by atoms with E-state index in [1.807, 2.05) is 12.1 Å². The molecule has 0 aromatic heterocycles. The second-order valence-corrected chi connectivity index (χ2v) is 4.99. The van der Waals surface area contributed by atoms with Crippen LogP contribution in [0.5, 0.6) is 0 Å². The van der Waals surface area contributed by atoms with Crippen molar-refractivity contribution >= 4 is 17.3 Å². The quantitative estimate of drug-likeness (QED) is 0.887. The van der Waals surface area contributed by atoms with Crippen molar-refractivity contribution in [2.24, 2.45) is 0 Å². The molecular weight excluding hydrogens is 248 g/mol. The number of aliphatic hydroxyl groups excluding tert-OH is 1. The minimum atomic E-state index is -0.525. The average molecular weight is 267 g/mol. The maximum atomic E-state index is 9.51. The van der Waals surface area contributed by atoms with Crippen LogP contribution in [-0.2, 0) is 0 Å². The molecule has 0 radical (unpaired) electrons. The van der Waals surface area contributed by atoms with Crippen molar-refractivity contribution < 1.29 is 5.11 Å². The van der Waals surface area contributed by atoms with E-state index in [0.29, 0.717) is 18.0 Å². The molecule has 1 rings (SSSR count). The first-order chi connectivity index (χ1) is 8.47. The molecule has 1 unspecified atom stereocenters. The molecule has 0 heterocycles. The van der Waals surface area contributed by atoms with E-state index in [2.05, 4.69) is 24.8 Å². The number of benzene rings is 1. The molecule has 0 amide bonds. The van der Waals surface area contributed by atoms with Crippen LogP contribution in [0.1, 0.15) is 38.9 Å². The van der Waals surface area contributed by atoms with Crippen LogP contribution in [-0.4, -0.2) is 17.7 Å². The molecule has 1 aromatic rings. The summed E-state index contributed by atoms with van der Waals surface area (Å²) < 4.78 is 0. The first-order valence-electron chi connectivity index (χ1n) is 6.08. The summed E-state index contributed by atoms with van der Waals surface area (Å²) in [5, 5.41) is 18.8. The van der Waals surface area contributed by atoms with Gasteiger partial charge in [0.1, 0.15) is 0 Å². The third-order valence-corrected chi connectivity index (χ3v) is 3.15. The Morgan fingerprint density at radius 2 is 2.06 bits per heavy atom. The number of aliphatic hydroxyl groups is 1.